The second kappa shape index (κ2) is 9.33. The molecule has 7 heteroatoms. The summed E-state index contributed by atoms with van der Waals surface area (Å²) in [7, 11) is 0. The van der Waals surface area contributed by atoms with Gasteiger partial charge in [0, 0.05) is 11.9 Å². The summed E-state index contributed by atoms with van der Waals surface area (Å²) in [6.07, 6.45) is 0.0982. The number of hydrogen-bond acceptors (Lipinski definition) is 5. The number of carboxylic acids is 1. The van der Waals surface area contributed by atoms with Crippen LogP contribution in [0.15, 0.2) is 29.6 Å². The van der Waals surface area contributed by atoms with Crippen molar-refractivity contribution in [2.24, 2.45) is 5.92 Å². The zero-order valence-electron chi connectivity index (χ0n) is 15.3. The molecule has 0 atom stereocenters. The standard InChI is InChI=1S/C19H24N2O4S/c1-13(2)9-21(10-19(23)24)18(22)8-15-12-26-17(20-15)11-25-16-6-4-14(3)5-7-16/h4-7,12-13H,8-11H2,1-3H3,(H,23,24). The molecule has 0 saturated carbocycles. The number of benzene rings is 1. The van der Waals surface area contributed by atoms with Gasteiger partial charge in [0.15, 0.2) is 0 Å². The quantitative estimate of drug-likeness (QED) is 0.727. The molecule has 1 aromatic heterocycles. The molecule has 0 fully saturated rings. The number of carboxylic acid groups (broad SMARTS) is 1. The fraction of sp³-hybridized carbons (Fsp3) is 0.421. The first-order chi connectivity index (χ1) is 12.3. The van der Waals surface area contributed by atoms with Crippen molar-refractivity contribution in [3.63, 3.8) is 0 Å². The predicted molar refractivity (Wildman–Crippen MR) is 100 cm³/mol. The molecule has 6 nitrogen and oxygen atoms in total. The lowest BCUT2D eigenvalue weighted by Gasteiger charge is -2.22. The lowest BCUT2D eigenvalue weighted by Crippen LogP contribution is -2.39. The number of ether oxygens (including phenoxy) is 1. The highest BCUT2D eigenvalue weighted by molar-refractivity contribution is 7.09. The van der Waals surface area contributed by atoms with Crippen LogP contribution in [0.2, 0.25) is 0 Å². The molecule has 2 aromatic rings. The van der Waals surface area contributed by atoms with E-state index in [1.807, 2.05) is 50.4 Å². The van der Waals surface area contributed by atoms with Gasteiger partial charge in [-0.15, -0.1) is 11.3 Å². The monoisotopic (exact) mass is 376 g/mol. The van der Waals surface area contributed by atoms with Crippen LogP contribution in [0.25, 0.3) is 0 Å². The van der Waals surface area contributed by atoms with Crippen LogP contribution in [-0.4, -0.2) is 40.0 Å². The number of carbonyl (C=O) groups is 2. The maximum absolute atomic E-state index is 12.4. The zero-order valence-corrected chi connectivity index (χ0v) is 16.1. The fourth-order valence-electron chi connectivity index (χ4n) is 2.40. The SMILES string of the molecule is Cc1ccc(OCc2nc(CC(=O)N(CC(=O)O)CC(C)C)cs2)cc1. The molecule has 1 amide bonds. The second-order valence-corrected chi connectivity index (χ2v) is 7.52. The Morgan fingerprint density at radius 2 is 1.96 bits per heavy atom. The Morgan fingerprint density at radius 1 is 1.27 bits per heavy atom. The number of carbonyl (C=O) groups excluding carboxylic acids is 1. The number of hydrogen-bond donors (Lipinski definition) is 1. The topological polar surface area (TPSA) is 79.7 Å². The van der Waals surface area contributed by atoms with Crippen molar-refractivity contribution in [2.75, 3.05) is 13.1 Å². The number of aryl methyl sites for hydroxylation is 1. The summed E-state index contributed by atoms with van der Waals surface area (Å²) in [5.41, 5.74) is 1.81. The van der Waals surface area contributed by atoms with Gasteiger partial charge in [0.2, 0.25) is 5.91 Å². The van der Waals surface area contributed by atoms with Crippen molar-refractivity contribution < 1.29 is 19.4 Å². The Hall–Kier alpha value is -2.41. The first-order valence-corrected chi connectivity index (χ1v) is 9.33. The minimum absolute atomic E-state index is 0.0982. The van der Waals surface area contributed by atoms with Gasteiger partial charge in [0.1, 0.15) is 23.9 Å². The second-order valence-electron chi connectivity index (χ2n) is 6.57. The maximum atomic E-state index is 12.4. The van der Waals surface area contributed by atoms with Crippen molar-refractivity contribution in [1.29, 1.82) is 0 Å². The van der Waals surface area contributed by atoms with Gasteiger partial charge in [-0.3, -0.25) is 9.59 Å². The van der Waals surface area contributed by atoms with E-state index in [-0.39, 0.29) is 24.8 Å². The van der Waals surface area contributed by atoms with E-state index in [1.54, 1.807) is 0 Å². The molecule has 140 valence electrons. The summed E-state index contributed by atoms with van der Waals surface area (Å²) < 4.78 is 5.69. The van der Waals surface area contributed by atoms with E-state index in [0.29, 0.717) is 18.8 Å². The smallest absolute Gasteiger partial charge is 0.323 e. The van der Waals surface area contributed by atoms with E-state index in [4.69, 9.17) is 9.84 Å². The van der Waals surface area contributed by atoms with E-state index in [9.17, 15) is 9.59 Å². The molecule has 0 aliphatic rings. The van der Waals surface area contributed by atoms with Crippen molar-refractivity contribution in [3.8, 4) is 5.75 Å². The van der Waals surface area contributed by atoms with Gasteiger partial charge in [0.25, 0.3) is 0 Å². The molecule has 1 heterocycles. The van der Waals surface area contributed by atoms with Gasteiger partial charge in [-0.2, -0.15) is 0 Å². The number of aromatic nitrogens is 1. The van der Waals surface area contributed by atoms with Crippen LogP contribution < -0.4 is 4.74 Å². The van der Waals surface area contributed by atoms with Crippen molar-refractivity contribution in [2.45, 2.75) is 33.8 Å². The zero-order chi connectivity index (χ0) is 19.1. The van der Waals surface area contributed by atoms with Gasteiger partial charge in [0.05, 0.1) is 12.1 Å². The summed E-state index contributed by atoms with van der Waals surface area (Å²) in [4.78, 5) is 29.2. The summed E-state index contributed by atoms with van der Waals surface area (Å²) in [6.45, 7) is 6.38. The fourth-order valence-corrected chi connectivity index (χ4v) is 3.11. The Labute approximate surface area is 157 Å². The molecular weight excluding hydrogens is 352 g/mol. The highest BCUT2D eigenvalue weighted by atomic mass is 32.1. The Morgan fingerprint density at radius 3 is 2.58 bits per heavy atom. The number of thiazole rings is 1. The average molecular weight is 376 g/mol. The number of rotatable bonds is 9. The molecule has 1 N–H and O–H groups in total. The minimum atomic E-state index is -1.01. The number of aliphatic carboxylic acids is 1. The molecule has 0 radical (unpaired) electrons. The van der Waals surface area contributed by atoms with E-state index in [2.05, 4.69) is 4.98 Å². The summed E-state index contributed by atoms with van der Waals surface area (Å²) in [5.74, 6) is -0.262. The summed E-state index contributed by atoms with van der Waals surface area (Å²) >= 11 is 1.43. The summed E-state index contributed by atoms with van der Waals surface area (Å²) in [5, 5.41) is 11.6. The third-order valence-electron chi connectivity index (χ3n) is 3.58. The summed E-state index contributed by atoms with van der Waals surface area (Å²) in [6, 6.07) is 7.77. The van der Waals surface area contributed by atoms with Crippen LogP contribution >= 0.6 is 11.3 Å². The maximum Gasteiger partial charge on any atom is 0.323 e. The van der Waals surface area contributed by atoms with Gasteiger partial charge in [-0.1, -0.05) is 31.5 Å². The van der Waals surface area contributed by atoms with Gasteiger partial charge < -0.3 is 14.7 Å². The van der Waals surface area contributed by atoms with Gasteiger partial charge in [-0.25, -0.2) is 4.98 Å². The highest BCUT2D eigenvalue weighted by Gasteiger charge is 2.19. The van der Waals surface area contributed by atoms with E-state index >= 15 is 0 Å². The van der Waals surface area contributed by atoms with Gasteiger partial charge >= 0.3 is 5.97 Å². The Balaban J connectivity index is 1.92. The Bertz CT molecular complexity index is 740. The van der Waals surface area contributed by atoms with Crippen LogP contribution in [0.1, 0.15) is 30.1 Å². The van der Waals surface area contributed by atoms with Gasteiger partial charge in [-0.05, 0) is 25.0 Å². The van der Waals surface area contributed by atoms with E-state index in [0.717, 1.165) is 10.8 Å². The van der Waals surface area contributed by atoms with Crippen LogP contribution in [0, 0.1) is 12.8 Å². The third-order valence-corrected chi connectivity index (χ3v) is 4.45. The van der Waals surface area contributed by atoms with Crippen LogP contribution in [0.5, 0.6) is 5.75 Å². The van der Waals surface area contributed by atoms with E-state index in [1.165, 1.54) is 21.8 Å². The third kappa shape index (κ3) is 6.48. The van der Waals surface area contributed by atoms with Crippen LogP contribution in [0.3, 0.4) is 0 Å². The molecular formula is C19H24N2O4S. The molecule has 0 bridgehead atoms. The average Bonchev–Trinajstić information content (AvgIpc) is 3.00. The molecule has 0 aliphatic heterocycles. The van der Waals surface area contributed by atoms with Crippen molar-refractivity contribution >= 4 is 23.2 Å². The molecule has 0 unspecified atom stereocenters. The largest absolute Gasteiger partial charge is 0.486 e. The highest BCUT2D eigenvalue weighted by Crippen LogP contribution is 2.17. The van der Waals surface area contributed by atoms with Crippen LogP contribution in [-0.2, 0) is 22.6 Å². The molecule has 0 saturated heterocycles. The van der Waals surface area contributed by atoms with Crippen LogP contribution in [0.4, 0.5) is 0 Å². The lowest BCUT2D eigenvalue weighted by atomic mass is 10.2. The number of nitrogens with zero attached hydrogens (tertiary/aromatic N) is 2. The van der Waals surface area contributed by atoms with E-state index < -0.39 is 5.97 Å². The first kappa shape index (κ1) is 19.9. The first-order valence-electron chi connectivity index (χ1n) is 8.45. The van der Waals surface area contributed by atoms with Crippen molar-refractivity contribution in [1.82, 2.24) is 9.88 Å². The Kier molecular flexibility index (Phi) is 7.15. The minimum Gasteiger partial charge on any atom is -0.486 e. The lowest BCUT2D eigenvalue weighted by molar-refractivity contribution is -0.144. The molecule has 0 aliphatic carbocycles. The van der Waals surface area contributed by atoms with Crippen molar-refractivity contribution in [3.05, 3.63) is 45.9 Å². The number of amides is 1. The molecule has 0 spiro atoms. The predicted octanol–water partition coefficient (Wildman–Crippen LogP) is 3.14. The molecule has 2 rings (SSSR count). The molecule has 26 heavy (non-hydrogen) atoms. The normalized spacial score (nSPS) is 10.8. The molecule has 1 aromatic carbocycles.